The highest BCUT2D eigenvalue weighted by Crippen LogP contribution is 2.41. The van der Waals surface area contributed by atoms with Gasteiger partial charge in [-0.25, -0.2) is 0 Å². The van der Waals surface area contributed by atoms with Gasteiger partial charge in [-0.05, 0) is 90.5 Å². The zero-order valence-electron chi connectivity index (χ0n) is 19.0. The normalized spacial score (nSPS) is 24.2. The number of aryl methyl sites for hydroxylation is 1. The van der Waals surface area contributed by atoms with Gasteiger partial charge in [-0.1, -0.05) is 94.0 Å². The van der Waals surface area contributed by atoms with E-state index in [0.717, 1.165) is 29.2 Å². The molecule has 0 heterocycles. The topological polar surface area (TPSA) is 0 Å². The third kappa shape index (κ3) is 6.13. The van der Waals surface area contributed by atoms with Crippen molar-refractivity contribution in [1.29, 1.82) is 0 Å². The smallest absolute Gasteiger partial charge is 0.0441 e. The van der Waals surface area contributed by atoms with E-state index >= 15 is 0 Å². The van der Waals surface area contributed by atoms with Crippen LogP contribution in [0, 0.1) is 17.8 Å². The Labute approximate surface area is 189 Å². The summed E-state index contributed by atoms with van der Waals surface area (Å²) in [4.78, 5) is 0. The maximum Gasteiger partial charge on any atom is 0.0441 e. The molecule has 2 aliphatic carbocycles. The monoisotopic (exact) mass is 422 g/mol. The maximum atomic E-state index is 6.62. The van der Waals surface area contributed by atoms with Crippen LogP contribution in [-0.4, -0.2) is 0 Å². The molecule has 2 aromatic rings. The molecule has 162 valence electrons. The Balaban J connectivity index is 1.37. The lowest BCUT2D eigenvalue weighted by atomic mass is 9.72. The van der Waals surface area contributed by atoms with E-state index in [1.807, 2.05) is 0 Å². The van der Waals surface area contributed by atoms with Crippen molar-refractivity contribution < 1.29 is 0 Å². The molecule has 3 atom stereocenters. The molecule has 0 bridgehead atoms. The number of hydrogen-bond donors (Lipinski definition) is 0. The van der Waals surface area contributed by atoms with Crippen LogP contribution in [0.15, 0.2) is 42.5 Å². The highest BCUT2D eigenvalue weighted by atomic mass is 35.5. The average molecular weight is 423 g/mol. The van der Waals surface area contributed by atoms with E-state index in [0.29, 0.717) is 5.92 Å². The Morgan fingerprint density at radius 3 is 2.37 bits per heavy atom. The van der Waals surface area contributed by atoms with E-state index in [1.54, 1.807) is 0 Å². The van der Waals surface area contributed by atoms with Crippen LogP contribution >= 0.6 is 11.6 Å². The first-order chi connectivity index (χ1) is 14.6. The zero-order chi connectivity index (χ0) is 20.9. The number of rotatable bonds is 9. The van der Waals surface area contributed by atoms with E-state index in [-0.39, 0.29) is 0 Å². The van der Waals surface area contributed by atoms with Crippen molar-refractivity contribution in [1.82, 2.24) is 0 Å². The molecule has 30 heavy (non-hydrogen) atoms. The Morgan fingerprint density at radius 1 is 0.867 bits per heavy atom. The third-order valence-electron chi connectivity index (χ3n) is 7.60. The predicted molar refractivity (Wildman–Crippen MR) is 131 cm³/mol. The minimum Gasteiger partial charge on any atom is -0.0840 e. The second kappa shape index (κ2) is 10.4. The summed E-state index contributed by atoms with van der Waals surface area (Å²) in [6.07, 6.45) is 14.7. The predicted octanol–water partition coefficient (Wildman–Crippen LogP) is 8.98. The third-order valence-corrected chi connectivity index (χ3v) is 7.97. The molecule has 0 nitrogen and oxygen atoms in total. The molecule has 0 unspecified atom stereocenters. The van der Waals surface area contributed by atoms with E-state index < -0.39 is 0 Å². The second-order valence-electron chi connectivity index (χ2n) is 10.3. The molecular formula is C29H39Cl. The van der Waals surface area contributed by atoms with Gasteiger partial charge in [0.1, 0.15) is 0 Å². The SMILES string of the molecule is CC[C@@H]1C[C@H](C)C[C@H](c2ccc(Cl)c(Cc3ccc(CCCCC4CC4)cc3)c2)C1. The molecule has 2 aromatic carbocycles. The van der Waals surface area contributed by atoms with Gasteiger partial charge in [-0.15, -0.1) is 0 Å². The highest BCUT2D eigenvalue weighted by molar-refractivity contribution is 6.31. The Hall–Kier alpha value is -1.27. The molecular weight excluding hydrogens is 384 g/mol. The summed E-state index contributed by atoms with van der Waals surface area (Å²) in [6, 6.07) is 16.1. The van der Waals surface area contributed by atoms with Gasteiger partial charge in [0, 0.05) is 5.02 Å². The van der Waals surface area contributed by atoms with Crippen LogP contribution in [-0.2, 0) is 12.8 Å². The van der Waals surface area contributed by atoms with E-state index in [1.165, 1.54) is 86.5 Å². The van der Waals surface area contributed by atoms with E-state index in [9.17, 15) is 0 Å². The molecule has 0 spiro atoms. The second-order valence-corrected chi connectivity index (χ2v) is 10.7. The molecule has 0 amide bonds. The first kappa shape index (κ1) is 21.9. The van der Waals surface area contributed by atoms with Gasteiger partial charge >= 0.3 is 0 Å². The molecule has 0 saturated heterocycles. The lowest BCUT2D eigenvalue weighted by Crippen LogP contribution is -2.19. The summed E-state index contributed by atoms with van der Waals surface area (Å²) in [7, 11) is 0. The molecule has 0 aliphatic heterocycles. The minimum absolute atomic E-state index is 0.702. The van der Waals surface area contributed by atoms with Crippen LogP contribution in [0.3, 0.4) is 0 Å². The quantitative estimate of drug-likeness (QED) is 0.353. The Morgan fingerprint density at radius 2 is 1.63 bits per heavy atom. The molecule has 1 heteroatoms. The largest absolute Gasteiger partial charge is 0.0840 e. The van der Waals surface area contributed by atoms with Gasteiger partial charge in [0.05, 0.1) is 0 Å². The summed E-state index contributed by atoms with van der Waals surface area (Å²) >= 11 is 6.62. The molecule has 4 rings (SSSR count). The molecule has 0 radical (unpaired) electrons. The lowest BCUT2D eigenvalue weighted by molar-refractivity contribution is 0.247. The standard InChI is InChI=1S/C29H39Cl/c1-3-22-16-21(2)17-27(18-22)26-14-15-29(30)28(20-26)19-25-12-10-24(11-13-25)7-5-4-6-23-8-9-23/h10-15,20-23,27H,3-9,16-19H2,1-2H3/t21-,22+,27-/m0/s1. The highest BCUT2D eigenvalue weighted by Gasteiger charge is 2.27. The van der Waals surface area contributed by atoms with Crippen molar-refractivity contribution in [3.63, 3.8) is 0 Å². The fourth-order valence-corrected chi connectivity index (χ4v) is 5.73. The van der Waals surface area contributed by atoms with Gasteiger partial charge in [-0.2, -0.15) is 0 Å². The zero-order valence-corrected chi connectivity index (χ0v) is 19.8. The molecule has 0 aromatic heterocycles. The van der Waals surface area contributed by atoms with Crippen molar-refractivity contribution in [3.8, 4) is 0 Å². The molecule has 2 aliphatic rings. The Bertz CT molecular complexity index is 802. The van der Waals surface area contributed by atoms with Crippen molar-refractivity contribution in [2.45, 2.75) is 90.4 Å². The van der Waals surface area contributed by atoms with Gasteiger partial charge < -0.3 is 0 Å². The van der Waals surface area contributed by atoms with Crippen LogP contribution in [0.1, 0.15) is 99.8 Å². The number of unbranched alkanes of at least 4 members (excludes halogenated alkanes) is 1. The number of benzene rings is 2. The summed E-state index contributed by atoms with van der Waals surface area (Å²) < 4.78 is 0. The van der Waals surface area contributed by atoms with Gasteiger partial charge in [0.15, 0.2) is 0 Å². The summed E-state index contributed by atoms with van der Waals surface area (Å²) in [5, 5.41) is 0.916. The van der Waals surface area contributed by atoms with Crippen molar-refractivity contribution >= 4 is 11.6 Å². The van der Waals surface area contributed by atoms with Crippen molar-refractivity contribution in [3.05, 3.63) is 69.7 Å². The van der Waals surface area contributed by atoms with Crippen molar-refractivity contribution in [2.75, 3.05) is 0 Å². The fourth-order valence-electron chi connectivity index (χ4n) is 5.55. The summed E-state index contributed by atoms with van der Waals surface area (Å²) in [5.74, 6) is 3.49. The van der Waals surface area contributed by atoms with Crippen LogP contribution in [0.4, 0.5) is 0 Å². The number of hydrogen-bond acceptors (Lipinski definition) is 0. The van der Waals surface area contributed by atoms with Crippen molar-refractivity contribution in [2.24, 2.45) is 17.8 Å². The Kier molecular flexibility index (Phi) is 7.58. The van der Waals surface area contributed by atoms with Gasteiger partial charge in [-0.3, -0.25) is 0 Å². The van der Waals surface area contributed by atoms with Crippen LogP contribution in [0.5, 0.6) is 0 Å². The maximum absolute atomic E-state index is 6.62. The number of halogens is 1. The van der Waals surface area contributed by atoms with Gasteiger partial charge in [0.25, 0.3) is 0 Å². The fraction of sp³-hybridized carbons (Fsp3) is 0.586. The first-order valence-electron chi connectivity index (χ1n) is 12.5. The van der Waals surface area contributed by atoms with Gasteiger partial charge in [0.2, 0.25) is 0 Å². The van der Waals surface area contributed by atoms with Crippen LogP contribution in [0.2, 0.25) is 5.02 Å². The first-order valence-corrected chi connectivity index (χ1v) is 12.8. The summed E-state index contributed by atoms with van der Waals surface area (Å²) in [6.45, 7) is 4.78. The van der Waals surface area contributed by atoms with Crippen LogP contribution < -0.4 is 0 Å². The van der Waals surface area contributed by atoms with Crippen LogP contribution in [0.25, 0.3) is 0 Å². The molecule has 0 N–H and O–H groups in total. The minimum atomic E-state index is 0.702. The average Bonchev–Trinajstić information content (AvgIpc) is 3.58. The lowest BCUT2D eigenvalue weighted by Gasteiger charge is -2.33. The molecule has 2 saturated carbocycles. The van der Waals surface area contributed by atoms with E-state index in [2.05, 4.69) is 56.3 Å². The molecule has 2 fully saturated rings. The summed E-state index contributed by atoms with van der Waals surface area (Å²) in [5.41, 5.74) is 5.65. The van der Waals surface area contributed by atoms with E-state index in [4.69, 9.17) is 11.6 Å².